The Balaban J connectivity index is 1.92. The third kappa shape index (κ3) is 4.96. The number of amides is 1. The van der Waals surface area contributed by atoms with Crippen LogP contribution in [0.15, 0.2) is 79.3 Å². The Morgan fingerprint density at radius 2 is 1.77 bits per heavy atom. The summed E-state index contributed by atoms with van der Waals surface area (Å²) >= 11 is 1.34. The molecule has 0 bridgehead atoms. The van der Waals surface area contributed by atoms with Crippen LogP contribution in [0.5, 0.6) is 5.75 Å². The Labute approximate surface area is 180 Å². The second-order valence-corrected chi connectivity index (χ2v) is 7.18. The van der Waals surface area contributed by atoms with Gasteiger partial charge >= 0.3 is 0 Å². The Bertz CT molecular complexity index is 992. The van der Waals surface area contributed by atoms with E-state index in [-0.39, 0.29) is 11.7 Å². The van der Waals surface area contributed by atoms with E-state index in [0.717, 1.165) is 17.0 Å². The highest BCUT2D eigenvalue weighted by molar-refractivity contribution is 7.99. The van der Waals surface area contributed by atoms with Gasteiger partial charge in [-0.1, -0.05) is 23.9 Å². The minimum atomic E-state index is -0.0189. The van der Waals surface area contributed by atoms with Crippen LogP contribution in [0.25, 0.3) is 17.1 Å². The summed E-state index contributed by atoms with van der Waals surface area (Å²) in [6.45, 7) is 8.37. The summed E-state index contributed by atoms with van der Waals surface area (Å²) in [6, 6.07) is 11.4. The normalized spacial score (nSPS) is 10.4. The second-order valence-electron chi connectivity index (χ2n) is 6.24. The van der Waals surface area contributed by atoms with Crippen molar-refractivity contribution >= 4 is 17.7 Å². The number of benzene rings is 1. The smallest absolute Gasteiger partial charge is 0.233 e. The van der Waals surface area contributed by atoms with Crippen LogP contribution in [0.4, 0.5) is 0 Å². The van der Waals surface area contributed by atoms with Crippen LogP contribution >= 0.6 is 11.8 Å². The monoisotopic (exact) mass is 421 g/mol. The first-order chi connectivity index (χ1) is 14.7. The fourth-order valence-electron chi connectivity index (χ4n) is 2.82. The van der Waals surface area contributed by atoms with Crippen LogP contribution in [-0.2, 0) is 4.79 Å². The minimum Gasteiger partial charge on any atom is -0.497 e. The number of nitrogens with zero attached hydrogens (tertiary/aromatic N) is 5. The largest absolute Gasteiger partial charge is 0.497 e. The molecule has 0 atom stereocenters. The van der Waals surface area contributed by atoms with Crippen molar-refractivity contribution in [3.05, 3.63) is 74.1 Å². The van der Waals surface area contributed by atoms with Crippen molar-refractivity contribution in [3.8, 4) is 22.8 Å². The standard InChI is InChI=1S/C22H23N5O2S/c1-4-14-26(15-5-2)20(28)16-30-22-25-24-21(17-10-12-23-13-11-17)27(22)18-6-8-19(29-3)9-7-18/h4-13H,1-2,14-16H2,3H3. The van der Waals surface area contributed by atoms with E-state index in [0.29, 0.717) is 24.1 Å². The van der Waals surface area contributed by atoms with Crippen LogP contribution < -0.4 is 4.74 Å². The number of aromatic nitrogens is 4. The van der Waals surface area contributed by atoms with Crippen molar-refractivity contribution in [1.29, 1.82) is 0 Å². The van der Waals surface area contributed by atoms with Crippen LogP contribution in [-0.4, -0.2) is 56.5 Å². The van der Waals surface area contributed by atoms with E-state index in [1.54, 1.807) is 36.6 Å². The predicted octanol–water partition coefficient (Wildman–Crippen LogP) is 3.63. The lowest BCUT2D eigenvalue weighted by molar-refractivity contribution is -0.127. The van der Waals surface area contributed by atoms with Crippen molar-refractivity contribution in [2.45, 2.75) is 5.16 Å². The number of pyridine rings is 1. The highest BCUT2D eigenvalue weighted by Crippen LogP contribution is 2.28. The van der Waals surface area contributed by atoms with E-state index in [2.05, 4.69) is 28.3 Å². The van der Waals surface area contributed by atoms with Gasteiger partial charge < -0.3 is 9.64 Å². The van der Waals surface area contributed by atoms with Gasteiger partial charge in [0.05, 0.1) is 12.9 Å². The van der Waals surface area contributed by atoms with Gasteiger partial charge in [0, 0.05) is 36.7 Å². The Kier molecular flexibility index (Phi) is 7.40. The lowest BCUT2D eigenvalue weighted by Gasteiger charge is -2.19. The topological polar surface area (TPSA) is 73.1 Å². The van der Waals surface area contributed by atoms with Gasteiger partial charge in [0.1, 0.15) is 5.75 Å². The highest BCUT2D eigenvalue weighted by atomic mass is 32.2. The Morgan fingerprint density at radius 3 is 2.37 bits per heavy atom. The first kappa shape index (κ1) is 21.3. The summed E-state index contributed by atoms with van der Waals surface area (Å²) in [5, 5.41) is 9.35. The third-order valence-electron chi connectivity index (χ3n) is 4.28. The Morgan fingerprint density at radius 1 is 1.10 bits per heavy atom. The molecule has 0 unspecified atom stereocenters. The number of hydrogen-bond acceptors (Lipinski definition) is 6. The molecule has 8 heteroatoms. The summed E-state index contributed by atoms with van der Waals surface area (Å²) in [6.07, 6.45) is 6.82. The van der Waals surface area contributed by atoms with Crippen LogP contribution in [0, 0.1) is 0 Å². The summed E-state index contributed by atoms with van der Waals surface area (Å²) in [7, 11) is 1.63. The molecule has 0 fully saturated rings. The van der Waals surface area contributed by atoms with Gasteiger partial charge in [0.15, 0.2) is 11.0 Å². The number of carbonyl (C=O) groups excluding carboxylic acids is 1. The minimum absolute atomic E-state index is 0.0189. The second kappa shape index (κ2) is 10.4. The van der Waals surface area contributed by atoms with E-state index in [1.807, 2.05) is 41.0 Å². The molecule has 154 valence electrons. The van der Waals surface area contributed by atoms with Crippen molar-refractivity contribution in [2.24, 2.45) is 0 Å². The van der Waals surface area contributed by atoms with Gasteiger partial charge in [0.25, 0.3) is 0 Å². The molecule has 2 aromatic heterocycles. The molecule has 7 nitrogen and oxygen atoms in total. The van der Waals surface area contributed by atoms with E-state index in [9.17, 15) is 4.79 Å². The lowest BCUT2D eigenvalue weighted by atomic mass is 10.2. The zero-order chi connectivity index (χ0) is 21.3. The molecular weight excluding hydrogens is 398 g/mol. The molecule has 1 aromatic carbocycles. The predicted molar refractivity (Wildman–Crippen MR) is 119 cm³/mol. The van der Waals surface area contributed by atoms with Crippen molar-refractivity contribution in [2.75, 3.05) is 26.0 Å². The SMILES string of the molecule is C=CCN(CC=C)C(=O)CSc1nnc(-c2ccncc2)n1-c1ccc(OC)cc1. The van der Waals surface area contributed by atoms with Crippen LogP contribution in [0.2, 0.25) is 0 Å². The van der Waals surface area contributed by atoms with Crippen molar-refractivity contribution in [3.63, 3.8) is 0 Å². The average molecular weight is 422 g/mol. The molecule has 0 saturated carbocycles. The lowest BCUT2D eigenvalue weighted by Crippen LogP contribution is -2.32. The molecule has 1 amide bonds. The van der Waals surface area contributed by atoms with E-state index >= 15 is 0 Å². The number of ether oxygens (including phenoxy) is 1. The van der Waals surface area contributed by atoms with Crippen molar-refractivity contribution in [1.82, 2.24) is 24.6 Å². The zero-order valence-corrected chi connectivity index (χ0v) is 17.6. The summed E-state index contributed by atoms with van der Waals surface area (Å²) in [5.74, 6) is 1.64. The van der Waals surface area contributed by atoms with Gasteiger partial charge in [-0.05, 0) is 36.4 Å². The number of thioether (sulfide) groups is 1. The summed E-state index contributed by atoms with van der Waals surface area (Å²) in [5.41, 5.74) is 1.75. The van der Waals surface area contributed by atoms with Crippen molar-refractivity contribution < 1.29 is 9.53 Å². The summed E-state index contributed by atoms with van der Waals surface area (Å²) in [4.78, 5) is 18.4. The molecule has 3 aromatic rings. The van der Waals surface area contributed by atoms with Crippen LogP contribution in [0.3, 0.4) is 0 Å². The maximum Gasteiger partial charge on any atom is 0.233 e. The molecule has 0 radical (unpaired) electrons. The maximum atomic E-state index is 12.6. The molecule has 0 aliphatic carbocycles. The average Bonchev–Trinajstić information content (AvgIpc) is 3.22. The van der Waals surface area contributed by atoms with E-state index in [1.165, 1.54) is 11.8 Å². The molecule has 0 aliphatic rings. The maximum absolute atomic E-state index is 12.6. The van der Waals surface area contributed by atoms with Gasteiger partial charge in [0.2, 0.25) is 5.91 Å². The van der Waals surface area contributed by atoms with Gasteiger partial charge in [-0.2, -0.15) is 0 Å². The van der Waals surface area contributed by atoms with Gasteiger partial charge in [-0.15, -0.1) is 23.4 Å². The number of methoxy groups -OCH3 is 1. The fourth-order valence-corrected chi connectivity index (χ4v) is 3.68. The van der Waals surface area contributed by atoms with E-state index < -0.39 is 0 Å². The number of hydrogen-bond donors (Lipinski definition) is 0. The molecule has 2 heterocycles. The summed E-state index contributed by atoms with van der Waals surface area (Å²) < 4.78 is 7.19. The molecule has 0 saturated heterocycles. The third-order valence-corrected chi connectivity index (χ3v) is 5.19. The number of carbonyl (C=O) groups is 1. The van der Waals surface area contributed by atoms with Crippen LogP contribution in [0.1, 0.15) is 0 Å². The van der Waals surface area contributed by atoms with E-state index in [4.69, 9.17) is 4.74 Å². The molecule has 0 spiro atoms. The molecule has 3 rings (SSSR count). The first-order valence-electron chi connectivity index (χ1n) is 9.30. The Hall–Kier alpha value is -3.39. The molecule has 30 heavy (non-hydrogen) atoms. The quantitative estimate of drug-likeness (QED) is 0.368. The number of rotatable bonds is 10. The molecule has 0 aliphatic heterocycles. The molecular formula is C22H23N5O2S. The zero-order valence-electron chi connectivity index (χ0n) is 16.8. The fraction of sp³-hybridized carbons (Fsp3) is 0.182. The van der Waals surface area contributed by atoms with Gasteiger partial charge in [-0.3, -0.25) is 14.3 Å². The highest BCUT2D eigenvalue weighted by Gasteiger charge is 2.19. The molecule has 0 N–H and O–H groups in total. The first-order valence-corrected chi connectivity index (χ1v) is 10.3. The van der Waals surface area contributed by atoms with Gasteiger partial charge in [-0.25, -0.2) is 0 Å².